The molecule has 2 N–H and O–H groups in total. The zero-order valence-electron chi connectivity index (χ0n) is 23.3. The molecule has 40 heavy (non-hydrogen) atoms. The molecule has 8 nitrogen and oxygen atoms in total. The number of ether oxygens (including phenoxy) is 3. The fraction of sp³-hybridized carbons (Fsp3) is 0.323. The summed E-state index contributed by atoms with van der Waals surface area (Å²) >= 11 is 0. The van der Waals surface area contributed by atoms with E-state index in [2.05, 4.69) is 0 Å². The van der Waals surface area contributed by atoms with Crippen molar-refractivity contribution in [2.45, 2.75) is 51.7 Å². The number of rotatable bonds is 12. The predicted molar refractivity (Wildman–Crippen MR) is 157 cm³/mol. The molecule has 0 radical (unpaired) electrons. The molecule has 1 unspecified atom stereocenters. The van der Waals surface area contributed by atoms with E-state index < -0.39 is 15.3 Å². The van der Waals surface area contributed by atoms with Crippen LogP contribution < -0.4 is 10.5 Å². The Labute approximate surface area is 235 Å². The summed E-state index contributed by atoms with van der Waals surface area (Å²) in [6.45, 7) is 5.98. The van der Waals surface area contributed by atoms with E-state index in [-0.39, 0.29) is 25.1 Å². The van der Waals surface area contributed by atoms with Crippen molar-refractivity contribution in [1.82, 2.24) is 3.97 Å². The lowest BCUT2D eigenvalue weighted by Gasteiger charge is -2.16. The zero-order valence-corrected chi connectivity index (χ0v) is 24.1. The Kier molecular flexibility index (Phi) is 9.29. The van der Waals surface area contributed by atoms with Gasteiger partial charge in [-0.25, -0.2) is 12.4 Å². The minimum atomic E-state index is -3.59. The molecule has 4 rings (SSSR count). The van der Waals surface area contributed by atoms with E-state index in [1.54, 1.807) is 40.1 Å². The van der Waals surface area contributed by atoms with Crippen molar-refractivity contribution in [3.8, 4) is 16.9 Å². The molecule has 0 bridgehead atoms. The maximum atomic E-state index is 13.2. The van der Waals surface area contributed by atoms with Crippen molar-refractivity contribution in [3.05, 3.63) is 89.6 Å². The molecule has 1 atom stereocenters. The summed E-state index contributed by atoms with van der Waals surface area (Å²) in [4.78, 5) is 12.5. The molecule has 0 saturated heterocycles. The number of nitrogens with zero attached hydrogens (tertiary/aromatic N) is 1. The molecule has 0 aliphatic heterocycles. The van der Waals surface area contributed by atoms with Crippen LogP contribution in [0, 0.1) is 0 Å². The minimum absolute atomic E-state index is 0.0515. The summed E-state index contributed by atoms with van der Waals surface area (Å²) in [5, 5.41) is 0.223. The second-order valence-electron chi connectivity index (χ2n) is 10.0. The average Bonchev–Trinajstić information content (AvgIpc) is 3.37. The highest BCUT2D eigenvalue weighted by Crippen LogP contribution is 2.33. The van der Waals surface area contributed by atoms with Crippen molar-refractivity contribution in [2.24, 2.45) is 5.73 Å². The molecule has 1 heterocycles. The van der Waals surface area contributed by atoms with Crippen LogP contribution in [0.25, 0.3) is 22.0 Å². The lowest BCUT2D eigenvalue weighted by molar-refractivity contribution is -0.149. The normalized spacial score (nSPS) is 12.6. The van der Waals surface area contributed by atoms with E-state index in [1.165, 1.54) is 3.97 Å². The Hall–Kier alpha value is -3.66. The standard InChI is InChI=1S/C31H36N2O6S/c1-21(2)40(35,36)33-13-12-27-28(25-10-7-8-23(14-25)18-32)15-24(16-29(27)33)20-38-30-11-6-5-9-26(30)17-31(34)39-22(3)19-37-4/h5-16,21-22H,17-20,32H2,1-4H3. The van der Waals surface area contributed by atoms with Crippen LogP contribution in [-0.4, -0.2) is 43.4 Å². The van der Waals surface area contributed by atoms with Gasteiger partial charge in [0.2, 0.25) is 10.0 Å². The molecule has 3 aromatic carbocycles. The van der Waals surface area contributed by atoms with Crippen molar-refractivity contribution in [2.75, 3.05) is 13.7 Å². The van der Waals surface area contributed by atoms with Crippen LogP contribution >= 0.6 is 0 Å². The molecule has 0 aliphatic rings. The number of carbonyl (C=O) groups is 1. The summed E-state index contributed by atoms with van der Waals surface area (Å²) < 4.78 is 44.3. The Morgan fingerprint density at radius 2 is 1.75 bits per heavy atom. The van der Waals surface area contributed by atoms with Crippen molar-refractivity contribution < 1.29 is 27.4 Å². The van der Waals surface area contributed by atoms with E-state index in [9.17, 15) is 13.2 Å². The van der Waals surface area contributed by atoms with E-state index in [1.807, 2.05) is 60.7 Å². The van der Waals surface area contributed by atoms with E-state index in [0.29, 0.717) is 30.0 Å². The first kappa shape index (κ1) is 29.3. The number of para-hydroxylation sites is 1. The molecule has 0 saturated carbocycles. The van der Waals surface area contributed by atoms with Crippen molar-refractivity contribution >= 4 is 26.9 Å². The van der Waals surface area contributed by atoms with Crippen molar-refractivity contribution in [3.63, 3.8) is 0 Å². The highest BCUT2D eigenvalue weighted by Gasteiger charge is 2.22. The Morgan fingerprint density at radius 3 is 2.48 bits per heavy atom. The average molecular weight is 565 g/mol. The number of methoxy groups -OCH3 is 1. The maximum Gasteiger partial charge on any atom is 0.310 e. The fourth-order valence-corrected chi connectivity index (χ4v) is 5.67. The molecular formula is C31H36N2O6S. The van der Waals surface area contributed by atoms with Gasteiger partial charge in [0, 0.05) is 30.8 Å². The first-order valence-corrected chi connectivity index (χ1v) is 14.7. The van der Waals surface area contributed by atoms with Gasteiger partial charge in [-0.05, 0) is 73.4 Å². The number of aromatic nitrogens is 1. The van der Waals surface area contributed by atoms with Gasteiger partial charge < -0.3 is 19.9 Å². The molecular weight excluding hydrogens is 528 g/mol. The second kappa shape index (κ2) is 12.7. The summed E-state index contributed by atoms with van der Waals surface area (Å²) in [6, 6.07) is 20.9. The largest absolute Gasteiger partial charge is 0.489 e. The van der Waals surface area contributed by atoms with Gasteiger partial charge in [-0.3, -0.25) is 4.79 Å². The third-order valence-electron chi connectivity index (χ3n) is 6.61. The Morgan fingerprint density at radius 1 is 0.975 bits per heavy atom. The van der Waals surface area contributed by atoms with Gasteiger partial charge in [-0.2, -0.15) is 0 Å². The number of hydrogen-bond donors (Lipinski definition) is 1. The van der Waals surface area contributed by atoms with E-state index >= 15 is 0 Å². The first-order valence-electron chi connectivity index (χ1n) is 13.2. The van der Waals surface area contributed by atoms with Gasteiger partial charge in [0.25, 0.3) is 0 Å². The summed E-state index contributed by atoms with van der Waals surface area (Å²) in [6.07, 6.45) is 1.30. The Balaban J connectivity index is 1.70. The van der Waals surface area contributed by atoms with Gasteiger partial charge in [0.15, 0.2) is 0 Å². The topological polar surface area (TPSA) is 110 Å². The molecule has 0 aliphatic carbocycles. The number of fused-ring (bicyclic) bond motifs is 1. The second-order valence-corrected chi connectivity index (χ2v) is 12.4. The lowest BCUT2D eigenvalue weighted by Crippen LogP contribution is -2.21. The molecule has 9 heteroatoms. The van der Waals surface area contributed by atoms with Crippen LogP contribution in [0.5, 0.6) is 5.75 Å². The van der Waals surface area contributed by atoms with Crippen molar-refractivity contribution in [1.29, 1.82) is 0 Å². The first-order chi connectivity index (χ1) is 19.1. The monoisotopic (exact) mass is 564 g/mol. The van der Waals surface area contributed by atoms with Crippen LogP contribution in [0.3, 0.4) is 0 Å². The fourth-order valence-electron chi connectivity index (χ4n) is 4.56. The zero-order chi connectivity index (χ0) is 28.9. The summed E-state index contributed by atoms with van der Waals surface area (Å²) in [5.41, 5.74) is 10.7. The molecule has 0 amide bonds. The van der Waals surface area contributed by atoms with E-state index in [0.717, 1.165) is 27.6 Å². The molecule has 4 aromatic rings. The predicted octanol–water partition coefficient (Wildman–Crippen LogP) is 5.05. The Bertz CT molecular complexity index is 1590. The third kappa shape index (κ3) is 6.55. The highest BCUT2D eigenvalue weighted by molar-refractivity contribution is 7.90. The van der Waals surface area contributed by atoms with Gasteiger partial charge in [-0.15, -0.1) is 0 Å². The number of hydrogen-bond acceptors (Lipinski definition) is 7. The number of nitrogens with two attached hydrogens (primary N) is 1. The van der Waals surface area contributed by atoms with Crippen LogP contribution in [-0.2, 0) is 43.9 Å². The smallest absolute Gasteiger partial charge is 0.310 e. The maximum absolute atomic E-state index is 13.2. The minimum Gasteiger partial charge on any atom is -0.489 e. The molecule has 212 valence electrons. The van der Waals surface area contributed by atoms with Crippen LogP contribution in [0.15, 0.2) is 72.9 Å². The quantitative estimate of drug-likeness (QED) is 0.240. The number of esters is 1. The third-order valence-corrected chi connectivity index (χ3v) is 8.67. The number of benzene rings is 3. The lowest BCUT2D eigenvalue weighted by atomic mass is 9.97. The SMILES string of the molecule is COCC(C)OC(=O)Cc1ccccc1OCc1cc(-c2cccc(CN)c2)c2ccn(S(=O)(=O)C(C)C)c2c1. The van der Waals surface area contributed by atoms with E-state index in [4.69, 9.17) is 19.9 Å². The highest BCUT2D eigenvalue weighted by atomic mass is 32.2. The van der Waals surface area contributed by atoms with Crippen LogP contribution in [0.1, 0.15) is 37.5 Å². The number of carbonyl (C=O) groups excluding carboxylic acids is 1. The van der Waals surface area contributed by atoms with Gasteiger partial charge in [0.05, 0.1) is 23.8 Å². The summed E-state index contributed by atoms with van der Waals surface area (Å²) in [5.74, 6) is 0.177. The molecule has 1 aromatic heterocycles. The van der Waals surface area contributed by atoms with Gasteiger partial charge in [0.1, 0.15) is 18.5 Å². The van der Waals surface area contributed by atoms with Crippen LogP contribution in [0.4, 0.5) is 0 Å². The van der Waals surface area contributed by atoms with Gasteiger partial charge in [-0.1, -0.05) is 36.4 Å². The van der Waals surface area contributed by atoms with Crippen LogP contribution in [0.2, 0.25) is 0 Å². The summed E-state index contributed by atoms with van der Waals surface area (Å²) in [7, 11) is -2.04. The van der Waals surface area contributed by atoms with Gasteiger partial charge >= 0.3 is 5.97 Å². The molecule has 0 fully saturated rings. The molecule has 0 spiro atoms.